The number of piperidine rings is 2. The number of nitrogens with zero attached hydrogens (tertiary/aromatic N) is 5. The highest BCUT2D eigenvalue weighted by Crippen LogP contribution is 2.59. The van der Waals surface area contributed by atoms with E-state index in [4.69, 9.17) is 14.7 Å². The van der Waals surface area contributed by atoms with Crippen molar-refractivity contribution in [3.8, 4) is 11.3 Å². The average Bonchev–Trinajstić information content (AvgIpc) is 3.80. The number of benzene rings is 1. The standard InChI is InChI=1S/C44H58N8O6/c1-23(2)35(49-41(55)58-6)39(53)51-30-17-26(30)20-33(51)38-46-22-34(48-38)44-14-11-43(12-15-44,13-16-44)28-9-7-25(8-10-28)29-21-45-37(47-29)32-19-27-18-31(27)52(32)40(54)36(24(3)4)50(5)42(56)57/h7-10,21-24,26-27,30-33,35-36H,11-20H2,1-6H3,(H,45,47)(H,46,48)(H,49,55)(H,56,57)/t26-,27-,30-,31-,32+,33+,35+,36+,43?,44?/m1/s1. The molecule has 8 atom stereocenters. The maximum Gasteiger partial charge on any atom is 0.407 e. The normalized spacial score (nSPS) is 31.5. The monoisotopic (exact) mass is 794 g/mol. The zero-order valence-corrected chi connectivity index (χ0v) is 34.5. The van der Waals surface area contributed by atoms with E-state index in [1.807, 2.05) is 49.9 Å². The first-order chi connectivity index (χ1) is 27.7. The number of carboxylic acid groups (broad SMARTS) is 1. The Morgan fingerprint density at radius 1 is 0.793 bits per heavy atom. The Morgan fingerprint density at radius 3 is 1.90 bits per heavy atom. The van der Waals surface area contributed by atoms with E-state index in [1.54, 1.807) is 0 Å². The van der Waals surface area contributed by atoms with Crippen molar-refractivity contribution in [3.05, 3.63) is 59.6 Å². The van der Waals surface area contributed by atoms with E-state index in [0.717, 1.165) is 92.0 Å². The number of aromatic amines is 2. The highest BCUT2D eigenvalue weighted by atomic mass is 16.5. The van der Waals surface area contributed by atoms with Crippen molar-refractivity contribution in [2.45, 2.75) is 139 Å². The number of ether oxygens (including phenoxy) is 1. The van der Waals surface area contributed by atoms with Crippen LogP contribution < -0.4 is 5.32 Å². The largest absolute Gasteiger partial charge is 0.465 e. The third-order valence-electron chi connectivity index (χ3n) is 15.2. The predicted molar refractivity (Wildman–Crippen MR) is 214 cm³/mol. The van der Waals surface area contributed by atoms with E-state index in [2.05, 4.69) is 39.6 Å². The lowest BCUT2D eigenvalue weighted by molar-refractivity contribution is -0.140. The minimum Gasteiger partial charge on any atom is -0.465 e. The minimum atomic E-state index is -1.10. The second kappa shape index (κ2) is 14.1. The van der Waals surface area contributed by atoms with Crippen LogP contribution in [0.5, 0.6) is 0 Å². The second-order valence-corrected chi connectivity index (χ2v) is 19.1. The number of methoxy groups -OCH3 is 1. The summed E-state index contributed by atoms with van der Waals surface area (Å²) in [5, 5.41) is 12.5. The lowest BCUT2D eigenvalue weighted by Crippen LogP contribution is -2.52. The van der Waals surface area contributed by atoms with Gasteiger partial charge in [-0.25, -0.2) is 19.6 Å². The van der Waals surface area contributed by atoms with Crippen LogP contribution in [0.25, 0.3) is 11.3 Å². The van der Waals surface area contributed by atoms with E-state index in [0.29, 0.717) is 11.8 Å². The third-order valence-corrected chi connectivity index (χ3v) is 15.2. The molecule has 2 aromatic heterocycles. The van der Waals surface area contributed by atoms with Gasteiger partial charge in [-0.1, -0.05) is 52.0 Å². The van der Waals surface area contributed by atoms with Gasteiger partial charge in [-0.2, -0.15) is 0 Å². The molecule has 310 valence electrons. The molecule has 0 radical (unpaired) electrons. The van der Waals surface area contributed by atoms with Crippen molar-refractivity contribution in [2.75, 3.05) is 14.2 Å². The Hall–Kier alpha value is -4.88. The summed E-state index contributed by atoms with van der Waals surface area (Å²) in [4.78, 5) is 73.8. The zero-order valence-electron chi connectivity index (χ0n) is 34.5. The smallest absolute Gasteiger partial charge is 0.407 e. The Kier molecular flexibility index (Phi) is 9.42. The molecule has 58 heavy (non-hydrogen) atoms. The molecule has 5 saturated carbocycles. The molecule has 3 aromatic rings. The van der Waals surface area contributed by atoms with E-state index >= 15 is 0 Å². The first-order valence-electron chi connectivity index (χ1n) is 21.4. The highest BCUT2D eigenvalue weighted by Gasteiger charge is 2.58. The van der Waals surface area contributed by atoms with Gasteiger partial charge in [0.05, 0.1) is 31.1 Å². The Morgan fingerprint density at radius 2 is 1.34 bits per heavy atom. The first-order valence-corrected chi connectivity index (χ1v) is 21.4. The SMILES string of the molecule is COC(=O)N[C@H](C(=O)N1[C@@H]2C[C@@H]2C[C@H]1c1ncc(C23CCC(c4ccc(-c5cnc([C@@H]6C[C@H]7C[C@H]7N6C(=O)[C@H](C(C)C)N(C)C(=O)O)[nH]5)cc4)(CC2)CC3)[nH]1)C(C)C. The molecule has 7 fully saturated rings. The van der Waals surface area contributed by atoms with Gasteiger partial charge in [-0.05, 0) is 104 Å². The summed E-state index contributed by atoms with van der Waals surface area (Å²) in [6, 6.07) is 7.59. The number of nitrogens with one attached hydrogen (secondary N) is 3. The Balaban J connectivity index is 0.861. The highest BCUT2D eigenvalue weighted by molar-refractivity contribution is 5.88. The maximum absolute atomic E-state index is 13.9. The zero-order chi connectivity index (χ0) is 40.8. The van der Waals surface area contributed by atoms with Gasteiger partial charge in [-0.15, -0.1) is 0 Å². The fraction of sp³-hybridized carbons (Fsp3) is 0.636. The van der Waals surface area contributed by atoms with E-state index in [-0.39, 0.29) is 58.6 Å². The number of hydrogen-bond donors (Lipinski definition) is 4. The van der Waals surface area contributed by atoms with Crippen LogP contribution >= 0.6 is 0 Å². The van der Waals surface area contributed by atoms with E-state index in [9.17, 15) is 24.3 Å². The molecule has 14 nitrogen and oxygen atoms in total. The van der Waals surface area contributed by atoms with Crippen LogP contribution in [0, 0.1) is 23.7 Å². The van der Waals surface area contributed by atoms with Gasteiger partial charge in [-0.3, -0.25) is 14.5 Å². The Labute approximate surface area is 339 Å². The van der Waals surface area contributed by atoms with Gasteiger partial charge in [0.1, 0.15) is 23.7 Å². The van der Waals surface area contributed by atoms with Crippen molar-refractivity contribution >= 4 is 24.0 Å². The molecule has 0 unspecified atom stereocenters. The van der Waals surface area contributed by atoms with Gasteiger partial charge in [0.15, 0.2) is 0 Å². The van der Waals surface area contributed by atoms with Crippen LogP contribution in [0.15, 0.2) is 36.7 Å². The summed E-state index contributed by atoms with van der Waals surface area (Å²) in [6.07, 6.45) is 12.4. The van der Waals surface area contributed by atoms with Crippen molar-refractivity contribution < 1.29 is 29.0 Å². The molecule has 1 aromatic carbocycles. The number of H-pyrrole nitrogens is 2. The van der Waals surface area contributed by atoms with Crippen LogP contribution in [0.3, 0.4) is 0 Å². The predicted octanol–water partition coefficient (Wildman–Crippen LogP) is 6.68. The number of amides is 4. The number of fused-ring (bicyclic) bond motifs is 5. The van der Waals surface area contributed by atoms with Crippen LogP contribution in [-0.2, 0) is 25.2 Å². The maximum atomic E-state index is 13.9. The topological polar surface area (TPSA) is 177 Å². The number of likely N-dealkylation sites (N-methyl/N-ethyl adjacent to an activating group) is 1. The molecule has 2 saturated heterocycles. The van der Waals surface area contributed by atoms with Gasteiger partial charge < -0.3 is 34.9 Å². The molecular weight excluding hydrogens is 737 g/mol. The number of imidazole rings is 2. The van der Waals surface area contributed by atoms with Crippen molar-refractivity contribution in [1.82, 2.24) is 40.0 Å². The summed E-state index contributed by atoms with van der Waals surface area (Å²) < 4.78 is 4.83. The van der Waals surface area contributed by atoms with Crippen molar-refractivity contribution in [2.24, 2.45) is 23.7 Å². The number of carbonyl (C=O) groups excluding carboxylic acids is 3. The molecule has 10 rings (SSSR count). The summed E-state index contributed by atoms with van der Waals surface area (Å²) in [5.41, 5.74) is 4.72. The summed E-state index contributed by atoms with van der Waals surface area (Å²) in [6.45, 7) is 7.68. The molecule has 14 heteroatoms. The fourth-order valence-electron chi connectivity index (χ4n) is 11.5. The van der Waals surface area contributed by atoms with Crippen molar-refractivity contribution in [3.63, 3.8) is 0 Å². The van der Waals surface area contributed by atoms with Gasteiger partial charge in [0, 0.05) is 36.4 Å². The molecule has 4 heterocycles. The fourth-order valence-corrected chi connectivity index (χ4v) is 11.5. The van der Waals surface area contributed by atoms with Gasteiger partial charge in [0.2, 0.25) is 11.8 Å². The second-order valence-electron chi connectivity index (χ2n) is 19.1. The first kappa shape index (κ1) is 38.6. The van der Waals surface area contributed by atoms with Crippen LogP contribution in [0.4, 0.5) is 9.59 Å². The van der Waals surface area contributed by atoms with Crippen LogP contribution in [-0.4, -0.2) is 102 Å². The number of carbonyl (C=O) groups is 4. The number of aromatic nitrogens is 4. The van der Waals surface area contributed by atoms with Crippen LogP contribution in [0.1, 0.15) is 127 Å². The number of hydrogen-bond acceptors (Lipinski definition) is 7. The lowest BCUT2D eigenvalue weighted by atomic mass is 9.51. The quantitative estimate of drug-likeness (QED) is 0.166. The van der Waals surface area contributed by atoms with Gasteiger partial charge >= 0.3 is 12.2 Å². The molecule has 0 spiro atoms. The number of rotatable bonds is 11. The summed E-state index contributed by atoms with van der Waals surface area (Å²) >= 11 is 0. The average molecular weight is 795 g/mol. The minimum absolute atomic E-state index is 0.0524. The number of alkyl carbamates (subject to hydrolysis) is 1. The Bertz CT molecular complexity index is 2070. The van der Waals surface area contributed by atoms with Crippen LogP contribution in [0.2, 0.25) is 0 Å². The summed E-state index contributed by atoms with van der Waals surface area (Å²) in [7, 11) is 2.80. The molecule has 4 N–H and O–H groups in total. The van der Waals surface area contributed by atoms with E-state index in [1.165, 1.54) is 25.4 Å². The lowest BCUT2D eigenvalue weighted by Gasteiger charge is -2.53. The van der Waals surface area contributed by atoms with Gasteiger partial charge in [0.25, 0.3) is 0 Å². The van der Waals surface area contributed by atoms with E-state index < -0.39 is 24.3 Å². The third kappa shape index (κ3) is 6.36. The van der Waals surface area contributed by atoms with Crippen molar-refractivity contribution in [1.29, 1.82) is 0 Å². The molecular formula is C44H58N8O6. The molecule has 4 amide bonds. The number of likely N-dealkylation sites (tertiary alicyclic amines) is 2. The molecule has 2 aliphatic heterocycles. The molecule has 5 aliphatic carbocycles. The summed E-state index contributed by atoms with van der Waals surface area (Å²) in [5.74, 6) is 2.11. The molecule has 7 aliphatic rings. The molecule has 2 bridgehead atoms.